The summed E-state index contributed by atoms with van der Waals surface area (Å²) in [4.78, 5) is 18.7. The van der Waals surface area contributed by atoms with Gasteiger partial charge in [-0.05, 0) is 31.5 Å². The maximum absolute atomic E-state index is 13.9. The number of nitrogens with one attached hydrogen (secondary N) is 2. The Morgan fingerprint density at radius 2 is 1.80 bits per heavy atom. The number of ether oxygens (including phenoxy) is 2. The van der Waals surface area contributed by atoms with Crippen molar-refractivity contribution in [2.24, 2.45) is 0 Å². The van der Waals surface area contributed by atoms with Gasteiger partial charge in [0.05, 0.1) is 47.6 Å². The molecule has 178 valence electrons. The van der Waals surface area contributed by atoms with E-state index in [9.17, 15) is 4.79 Å². The summed E-state index contributed by atoms with van der Waals surface area (Å²) < 4.78 is 12.9. The number of aromatic nitrogens is 2. The quantitative estimate of drug-likeness (QED) is 0.363. The highest BCUT2D eigenvalue weighted by Gasteiger charge is 2.34. The van der Waals surface area contributed by atoms with E-state index in [1.54, 1.807) is 12.1 Å². The predicted molar refractivity (Wildman–Crippen MR) is 139 cm³/mol. The zero-order valence-corrected chi connectivity index (χ0v) is 20.6. The van der Waals surface area contributed by atoms with E-state index in [2.05, 4.69) is 21.3 Å². The number of allylic oxidation sites excluding steroid dienone is 1. The molecular weight excluding hydrogens is 464 g/mol. The zero-order chi connectivity index (χ0) is 24.7. The van der Waals surface area contributed by atoms with E-state index in [0.717, 1.165) is 27.9 Å². The summed E-state index contributed by atoms with van der Waals surface area (Å²) in [5.41, 5.74) is 5.63. The maximum atomic E-state index is 13.9. The topological polar surface area (TPSA) is 77.4 Å². The van der Waals surface area contributed by atoms with Crippen LogP contribution < -0.4 is 20.1 Å². The van der Waals surface area contributed by atoms with Crippen LogP contribution in [-0.2, 0) is 4.79 Å². The van der Waals surface area contributed by atoms with E-state index in [1.807, 2.05) is 56.3 Å². The van der Waals surface area contributed by atoms with Crippen molar-refractivity contribution in [2.75, 3.05) is 24.9 Å². The van der Waals surface area contributed by atoms with Gasteiger partial charge in [0.25, 0.3) is 5.91 Å². The molecule has 0 bridgehead atoms. The van der Waals surface area contributed by atoms with Gasteiger partial charge in [-0.2, -0.15) is 0 Å². The van der Waals surface area contributed by atoms with Crippen LogP contribution in [0.4, 0.5) is 11.6 Å². The number of amides is 1. The Morgan fingerprint density at radius 3 is 2.54 bits per heavy atom. The van der Waals surface area contributed by atoms with Gasteiger partial charge >= 0.3 is 0 Å². The lowest BCUT2D eigenvalue weighted by Gasteiger charge is -2.31. The molecule has 0 saturated carbocycles. The molecule has 1 unspecified atom stereocenters. The number of halogens is 1. The molecule has 1 atom stereocenters. The van der Waals surface area contributed by atoms with E-state index in [4.69, 9.17) is 26.1 Å². The summed E-state index contributed by atoms with van der Waals surface area (Å²) in [5.74, 6) is 1.30. The van der Waals surface area contributed by atoms with Crippen molar-refractivity contribution in [3.8, 4) is 11.5 Å². The number of anilines is 2. The van der Waals surface area contributed by atoms with E-state index in [0.29, 0.717) is 33.7 Å². The average Bonchev–Trinajstić information content (AvgIpc) is 3.21. The minimum absolute atomic E-state index is 0.271. The molecule has 8 heteroatoms. The van der Waals surface area contributed by atoms with Crippen LogP contribution in [0.15, 0.2) is 71.9 Å². The number of hydrogen-bond acceptors (Lipinski definition) is 5. The fraction of sp³-hybridized carbons (Fsp3) is 0.185. The summed E-state index contributed by atoms with van der Waals surface area (Å²) in [6, 6.07) is 19.0. The number of para-hydroxylation sites is 2. The van der Waals surface area contributed by atoms with Crippen LogP contribution in [0, 0.1) is 6.92 Å². The molecule has 0 fully saturated rings. The van der Waals surface area contributed by atoms with Crippen LogP contribution in [0.2, 0.25) is 5.02 Å². The molecule has 0 aliphatic carbocycles. The van der Waals surface area contributed by atoms with Gasteiger partial charge in [-0.15, -0.1) is 0 Å². The molecule has 2 N–H and O–H groups in total. The lowest BCUT2D eigenvalue weighted by atomic mass is 9.93. The average molecular weight is 489 g/mol. The summed E-state index contributed by atoms with van der Waals surface area (Å²) in [5, 5.41) is 6.74. The van der Waals surface area contributed by atoms with Crippen LogP contribution in [0.5, 0.6) is 11.5 Å². The Kier molecular flexibility index (Phi) is 5.86. The first-order chi connectivity index (χ1) is 16.9. The third kappa shape index (κ3) is 3.98. The van der Waals surface area contributed by atoms with Gasteiger partial charge in [0.15, 0.2) is 0 Å². The summed E-state index contributed by atoms with van der Waals surface area (Å²) in [7, 11) is 3.05. The van der Waals surface area contributed by atoms with E-state index >= 15 is 0 Å². The number of nitrogens with zero attached hydrogens (tertiary/aromatic N) is 2. The molecule has 35 heavy (non-hydrogen) atoms. The second-order valence-electron chi connectivity index (χ2n) is 8.42. The second kappa shape index (κ2) is 9.00. The fourth-order valence-corrected chi connectivity index (χ4v) is 4.79. The molecule has 0 saturated heterocycles. The summed E-state index contributed by atoms with van der Waals surface area (Å²) in [6.07, 6.45) is 0. The second-order valence-corrected chi connectivity index (χ2v) is 8.82. The third-order valence-corrected chi connectivity index (χ3v) is 6.45. The van der Waals surface area contributed by atoms with Gasteiger partial charge in [0, 0.05) is 17.8 Å². The largest absolute Gasteiger partial charge is 0.495 e. The molecule has 7 nitrogen and oxygen atoms in total. The Morgan fingerprint density at radius 1 is 1.03 bits per heavy atom. The molecule has 0 spiro atoms. The number of benzene rings is 3. The minimum Gasteiger partial charge on any atom is -0.495 e. The van der Waals surface area contributed by atoms with E-state index < -0.39 is 6.04 Å². The highest BCUT2D eigenvalue weighted by molar-refractivity contribution is 6.32. The monoisotopic (exact) mass is 488 g/mol. The van der Waals surface area contributed by atoms with E-state index in [-0.39, 0.29) is 5.91 Å². The van der Waals surface area contributed by atoms with Crippen molar-refractivity contribution in [1.29, 1.82) is 0 Å². The van der Waals surface area contributed by atoms with Crippen LogP contribution in [0.1, 0.15) is 24.1 Å². The SMILES string of the molecule is COc1cc(NC(=O)C2=C(C)Nc3nc4ccccc4n3C2c2cccc(C)c2)c(OC)cc1Cl. The molecule has 5 rings (SSSR count). The number of fused-ring (bicyclic) bond motifs is 3. The van der Waals surface area contributed by atoms with Gasteiger partial charge < -0.3 is 20.1 Å². The number of carbonyl (C=O) groups excluding carboxylic acids is 1. The number of aryl methyl sites for hydroxylation is 1. The van der Waals surface area contributed by atoms with Gasteiger partial charge in [-0.1, -0.05) is 53.6 Å². The Bertz CT molecular complexity index is 1490. The van der Waals surface area contributed by atoms with Gasteiger partial charge in [0.1, 0.15) is 11.5 Å². The van der Waals surface area contributed by atoms with Crippen LogP contribution in [0.3, 0.4) is 0 Å². The predicted octanol–water partition coefficient (Wildman–Crippen LogP) is 5.94. The first-order valence-electron chi connectivity index (χ1n) is 11.2. The highest BCUT2D eigenvalue weighted by atomic mass is 35.5. The Hall–Kier alpha value is -3.97. The zero-order valence-electron chi connectivity index (χ0n) is 19.8. The van der Waals surface area contributed by atoms with Crippen molar-refractivity contribution < 1.29 is 14.3 Å². The lowest BCUT2D eigenvalue weighted by molar-refractivity contribution is -0.113. The number of methoxy groups -OCH3 is 2. The molecule has 1 aliphatic rings. The smallest absolute Gasteiger partial charge is 0.255 e. The molecule has 3 aromatic carbocycles. The number of rotatable bonds is 5. The minimum atomic E-state index is -0.390. The van der Waals surface area contributed by atoms with Crippen molar-refractivity contribution in [3.05, 3.63) is 88.1 Å². The molecule has 4 aromatic rings. The van der Waals surface area contributed by atoms with Crippen molar-refractivity contribution >= 4 is 40.2 Å². The molecule has 1 amide bonds. The summed E-state index contributed by atoms with van der Waals surface area (Å²) >= 11 is 6.26. The molecule has 2 heterocycles. The van der Waals surface area contributed by atoms with Crippen LogP contribution >= 0.6 is 11.6 Å². The number of hydrogen-bond donors (Lipinski definition) is 2. The normalized spacial score (nSPS) is 14.9. The molecular formula is C27H25ClN4O3. The maximum Gasteiger partial charge on any atom is 0.255 e. The van der Waals surface area contributed by atoms with Gasteiger partial charge in [-0.25, -0.2) is 4.98 Å². The lowest BCUT2D eigenvalue weighted by Crippen LogP contribution is -2.31. The Labute approximate surface area is 208 Å². The van der Waals surface area contributed by atoms with Crippen LogP contribution in [0.25, 0.3) is 11.0 Å². The first kappa shape index (κ1) is 22.8. The summed E-state index contributed by atoms with van der Waals surface area (Å²) in [6.45, 7) is 3.93. The first-order valence-corrected chi connectivity index (χ1v) is 11.5. The number of imidazole rings is 1. The van der Waals surface area contributed by atoms with E-state index in [1.165, 1.54) is 14.2 Å². The Balaban J connectivity index is 1.65. The number of carbonyl (C=O) groups is 1. The van der Waals surface area contributed by atoms with Crippen LogP contribution in [-0.4, -0.2) is 29.7 Å². The van der Waals surface area contributed by atoms with Crippen molar-refractivity contribution in [2.45, 2.75) is 19.9 Å². The van der Waals surface area contributed by atoms with Crippen molar-refractivity contribution in [1.82, 2.24) is 9.55 Å². The van der Waals surface area contributed by atoms with Crippen molar-refractivity contribution in [3.63, 3.8) is 0 Å². The molecule has 1 aromatic heterocycles. The third-order valence-electron chi connectivity index (χ3n) is 6.16. The highest BCUT2D eigenvalue weighted by Crippen LogP contribution is 2.41. The van der Waals surface area contributed by atoms with Gasteiger partial charge in [-0.3, -0.25) is 9.36 Å². The standard InChI is InChI=1S/C27H25ClN4O3/c1-15-8-7-9-17(12-15)25-24(16(2)29-27-31-19-10-5-6-11-21(19)32(25)27)26(33)30-20-14-22(34-3)18(28)13-23(20)35-4/h5-14,25H,1-4H3,(H,29,31)(H,30,33). The molecule has 0 radical (unpaired) electrons. The fourth-order valence-electron chi connectivity index (χ4n) is 4.56. The van der Waals surface area contributed by atoms with Gasteiger partial charge in [0.2, 0.25) is 5.95 Å². The molecule has 1 aliphatic heterocycles.